The predicted molar refractivity (Wildman–Crippen MR) is 69.9 cm³/mol. The number of unbranched alkanes of at least 4 members (excludes halogenated alkanes) is 2. The zero-order chi connectivity index (χ0) is 11.9. The second kappa shape index (κ2) is 6.92. The third-order valence-electron chi connectivity index (χ3n) is 2.70. The molecular weight excluding hydrogens is 182 g/mol. The van der Waals surface area contributed by atoms with E-state index in [0.717, 1.165) is 18.2 Å². The fraction of sp³-hybridized carbons (Fsp3) is 0.857. The number of rotatable bonds is 7. The van der Waals surface area contributed by atoms with E-state index >= 15 is 0 Å². The van der Waals surface area contributed by atoms with Crippen molar-refractivity contribution in [1.29, 1.82) is 0 Å². The van der Waals surface area contributed by atoms with Crippen LogP contribution in [0.2, 0.25) is 0 Å². The van der Waals surface area contributed by atoms with Crippen LogP contribution in [0.15, 0.2) is 12.3 Å². The zero-order valence-corrected chi connectivity index (χ0v) is 11.3. The summed E-state index contributed by atoms with van der Waals surface area (Å²) in [6.45, 7) is 16.3. The van der Waals surface area contributed by atoms with Crippen molar-refractivity contribution in [2.45, 2.75) is 60.3 Å². The summed E-state index contributed by atoms with van der Waals surface area (Å²) in [5.74, 6) is 0.850. The molecule has 0 aromatic carbocycles. The van der Waals surface area contributed by atoms with Crippen molar-refractivity contribution in [1.82, 2.24) is 5.32 Å². The van der Waals surface area contributed by atoms with Gasteiger partial charge in [-0.2, -0.15) is 0 Å². The lowest BCUT2D eigenvalue weighted by Gasteiger charge is -2.23. The molecule has 0 saturated carbocycles. The van der Waals surface area contributed by atoms with Crippen LogP contribution in [0.5, 0.6) is 0 Å². The first-order chi connectivity index (χ1) is 6.84. The largest absolute Gasteiger partial charge is 0.388 e. The Morgan fingerprint density at radius 2 is 1.73 bits per heavy atom. The standard InChI is InChI=1S/C14H29N/c1-12(2)10-8-7-9-11-15-13(3)14(4,5)6/h12,15H,3,7-11H2,1-2,4-6H3. The quantitative estimate of drug-likeness (QED) is 0.617. The van der Waals surface area contributed by atoms with Gasteiger partial charge in [0.25, 0.3) is 0 Å². The van der Waals surface area contributed by atoms with E-state index in [2.05, 4.69) is 46.5 Å². The van der Waals surface area contributed by atoms with E-state index in [1.165, 1.54) is 25.7 Å². The van der Waals surface area contributed by atoms with Gasteiger partial charge in [0.2, 0.25) is 0 Å². The second-order valence-corrected chi connectivity index (χ2v) is 5.90. The van der Waals surface area contributed by atoms with Gasteiger partial charge >= 0.3 is 0 Å². The smallest absolute Gasteiger partial charge is 0.0143 e. The minimum atomic E-state index is 0.192. The summed E-state index contributed by atoms with van der Waals surface area (Å²) in [6.07, 6.45) is 5.33. The number of hydrogen-bond acceptors (Lipinski definition) is 1. The lowest BCUT2D eigenvalue weighted by Crippen LogP contribution is -2.24. The molecule has 0 rings (SSSR count). The molecule has 0 fully saturated rings. The maximum atomic E-state index is 4.06. The van der Waals surface area contributed by atoms with Gasteiger partial charge in [0.15, 0.2) is 0 Å². The summed E-state index contributed by atoms with van der Waals surface area (Å²) in [4.78, 5) is 0. The molecule has 0 aromatic rings. The molecular formula is C14H29N. The highest BCUT2D eigenvalue weighted by atomic mass is 14.9. The van der Waals surface area contributed by atoms with E-state index in [-0.39, 0.29) is 5.41 Å². The Morgan fingerprint density at radius 3 is 2.20 bits per heavy atom. The normalized spacial score (nSPS) is 11.9. The molecule has 1 N–H and O–H groups in total. The van der Waals surface area contributed by atoms with Gasteiger partial charge in [-0.15, -0.1) is 0 Å². The molecule has 0 aliphatic carbocycles. The van der Waals surface area contributed by atoms with Crippen LogP contribution in [0, 0.1) is 11.3 Å². The van der Waals surface area contributed by atoms with Crippen molar-refractivity contribution in [2.24, 2.45) is 11.3 Å². The molecule has 0 radical (unpaired) electrons. The van der Waals surface area contributed by atoms with Crippen LogP contribution in [-0.4, -0.2) is 6.54 Å². The molecule has 0 aliphatic heterocycles. The van der Waals surface area contributed by atoms with Crippen molar-refractivity contribution < 1.29 is 0 Å². The number of hydrogen-bond donors (Lipinski definition) is 1. The molecule has 1 nitrogen and oxygen atoms in total. The molecule has 1 heteroatoms. The van der Waals surface area contributed by atoms with Crippen molar-refractivity contribution in [3.05, 3.63) is 12.3 Å². The van der Waals surface area contributed by atoms with Crippen LogP contribution in [0.1, 0.15) is 60.3 Å². The molecule has 0 aliphatic rings. The van der Waals surface area contributed by atoms with E-state index < -0.39 is 0 Å². The van der Waals surface area contributed by atoms with Crippen LogP contribution >= 0.6 is 0 Å². The average molecular weight is 211 g/mol. The summed E-state index contributed by atoms with van der Waals surface area (Å²) < 4.78 is 0. The van der Waals surface area contributed by atoms with E-state index in [9.17, 15) is 0 Å². The molecule has 0 atom stereocenters. The lowest BCUT2D eigenvalue weighted by atomic mass is 9.93. The first-order valence-corrected chi connectivity index (χ1v) is 6.27. The summed E-state index contributed by atoms with van der Waals surface area (Å²) >= 11 is 0. The second-order valence-electron chi connectivity index (χ2n) is 5.90. The lowest BCUT2D eigenvalue weighted by molar-refractivity contribution is 0.453. The molecule has 0 amide bonds. The van der Waals surface area contributed by atoms with E-state index in [1.54, 1.807) is 0 Å². The van der Waals surface area contributed by atoms with E-state index in [0.29, 0.717) is 0 Å². The fourth-order valence-corrected chi connectivity index (χ4v) is 1.36. The van der Waals surface area contributed by atoms with Gasteiger partial charge in [0, 0.05) is 17.7 Å². The highest BCUT2D eigenvalue weighted by molar-refractivity contribution is 5.01. The first-order valence-electron chi connectivity index (χ1n) is 6.27. The molecule has 90 valence electrons. The Labute approximate surface area is 96.3 Å². The molecule has 0 bridgehead atoms. The van der Waals surface area contributed by atoms with Gasteiger partial charge in [-0.05, 0) is 12.3 Å². The van der Waals surface area contributed by atoms with Gasteiger partial charge in [0.1, 0.15) is 0 Å². The molecule has 15 heavy (non-hydrogen) atoms. The van der Waals surface area contributed by atoms with Gasteiger partial charge in [-0.3, -0.25) is 0 Å². The van der Waals surface area contributed by atoms with Gasteiger partial charge in [-0.25, -0.2) is 0 Å². The first kappa shape index (κ1) is 14.5. The third-order valence-corrected chi connectivity index (χ3v) is 2.70. The molecule has 0 saturated heterocycles. The van der Waals surface area contributed by atoms with Gasteiger partial charge < -0.3 is 5.32 Å². The molecule has 0 heterocycles. The summed E-state index contributed by atoms with van der Waals surface area (Å²) in [5.41, 5.74) is 1.35. The van der Waals surface area contributed by atoms with Gasteiger partial charge in [-0.1, -0.05) is 60.5 Å². The Morgan fingerprint density at radius 1 is 1.13 bits per heavy atom. The Hall–Kier alpha value is -0.460. The summed E-state index contributed by atoms with van der Waals surface area (Å²) in [6, 6.07) is 0. The van der Waals surface area contributed by atoms with E-state index in [1.807, 2.05) is 0 Å². The van der Waals surface area contributed by atoms with Crippen molar-refractivity contribution in [3.8, 4) is 0 Å². The van der Waals surface area contributed by atoms with Gasteiger partial charge in [0.05, 0.1) is 0 Å². The maximum absolute atomic E-state index is 4.06. The van der Waals surface area contributed by atoms with Crippen molar-refractivity contribution in [2.75, 3.05) is 6.54 Å². The minimum absolute atomic E-state index is 0.192. The number of nitrogens with one attached hydrogen (secondary N) is 1. The third kappa shape index (κ3) is 8.53. The molecule has 0 unspecified atom stereocenters. The molecule has 0 aromatic heterocycles. The van der Waals surface area contributed by atoms with Crippen LogP contribution in [0.25, 0.3) is 0 Å². The SMILES string of the molecule is C=C(NCCCCCC(C)C)C(C)(C)C. The average Bonchev–Trinajstić information content (AvgIpc) is 2.08. The highest BCUT2D eigenvalue weighted by Crippen LogP contribution is 2.20. The van der Waals surface area contributed by atoms with Crippen LogP contribution < -0.4 is 5.32 Å². The maximum Gasteiger partial charge on any atom is 0.0143 e. The van der Waals surface area contributed by atoms with E-state index in [4.69, 9.17) is 0 Å². The monoisotopic (exact) mass is 211 g/mol. The Bertz CT molecular complexity index is 174. The van der Waals surface area contributed by atoms with Crippen LogP contribution in [0.4, 0.5) is 0 Å². The zero-order valence-electron chi connectivity index (χ0n) is 11.3. The Balaban J connectivity index is 3.36. The number of allylic oxidation sites excluding steroid dienone is 1. The Kier molecular flexibility index (Phi) is 6.71. The predicted octanol–water partition coefficient (Wildman–Crippen LogP) is 4.35. The van der Waals surface area contributed by atoms with Crippen LogP contribution in [-0.2, 0) is 0 Å². The highest BCUT2D eigenvalue weighted by Gasteiger charge is 2.13. The summed E-state index contributed by atoms with van der Waals surface area (Å²) in [7, 11) is 0. The van der Waals surface area contributed by atoms with Crippen molar-refractivity contribution in [3.63, 3.8) is 0 Å². The van der Waals surface area contributed by atoms with Crippen molar-refractivity contribution >= 4 is 0 Å². The minimum Gasteiger partial charge on any atom is -0.388 e. The fourth-order valence-electron chi connectivity index (χ4n) is 1.36. The summed E-state index contributed by atoms with van der Waals surface area (Å²) in [5, 5.41) is 3.42. The molecule has 0 spiro atoms. The van der Waals surface area contributed by atoms with Crippen LogP contribution in [0.3, 0.4) is 0 Å². The topological polar surface area (TPSA) is 12.0 Å².